The molecule has 1 aliphatic carbocycles. The molecular formula is C17H34N2O2. The number of hydrogen-bond acceptors (Lipinski definition) is 3. The van der Waals surface area contributed by atoms with E-state index in [0.29, 0.717) is 0 Å². The van der Waals surface area contributed by atoms with Crippen LogP contribution in [-0.2, 0) is 4.74 Å². The first-order chi connectivity index (χ1) is 9.68. The monoisotopic (exact) mass is 298 g/mol. The Hall–Kier alpha value is -0.770. The number of carbonyl (C=O) groups excluding carboxylic acids is 1. The van der Waals surface area contributed by atoms with E-state index in [-0.39, 0.29) is 11.6 Å². The molecule has 1 amide bonds. The third kappa shape index (κ3) is 8.97. The standard InChI is InChI=1S/C17H34N2O2/c1-16(2,3)21-15(20)19-17(4,5)13-18-12-14-10-8-6-7-9-11-14/h14,18H,6-13H2,1-5H3,(H,19,20). The van der Waals surface area contributed by atoms with Crippen molar-refractivity contribution in [1.82, 2.24) is 10.6 Å². The van der Waals surface area contributed by atoms with E-state index in [9.17, 15) is 4.79 Å². The first kappa shape index (κ1) is 18.3. The molecule has 1 fully saturated rings. The van der Waals surface area contributed by atoms with Gasteiger partial charge in [-0.2, -0.15) is 0 Å². The first-order valence-electron chi connectivity index (χ1n) is 8.40. The lowest BCUT2D eigenvalue weighted by Gasteiger charge is -2.29. The molecule has 21 heavy (non-hydrogen) atoms. The summed E-state index contributed by atoms with van der Waals surface area (Å²) in [5, 5.41) is 6.46. The summed E-state index contributed by atoms with van der Waals surface area (Å²) in [6, 6.07) is 0. The van der Waals surface area contributed by atoms with Crippen LogP contribution in [0.2, 0.25) is 0 Å². The molecule has 0 heterocycles. The van der Waals surface area contributed by atoms with Crippen LogP contribution in [0.25, 0.3) is 0 Å². The van der Waals surface area contributed by atoms with E-state index in [2.05, 4.69) is 10.6 Å². The summed E-state index contributed by atoms with van der Waals surface area (Å²) in [7, 11) is 0. The molecule has 0 spiro atoms. The number of rotatable bonds is 5. The van der Waals surface area contributed by atoms with Gasteiger partial charge in [-0.25, -0.2) is 4.79 Å². The highest BCUT2D eigenvalue weighted by Crippen LogP contribution is 2.22. The zero-order chi connectivity index (χ0) is 15.9. The van der Waals surface area contributed by atoms with Gasteiger partial charge in [-0.3, -0.25) is 0 Å². The predicted octanol–water partition coefficient (Wildman–Crippen LogP) is 3.85. The Morgan fingerprint density at radius 1 is 1.05 bits per heavy atom. The summed E-state index contributed by atoms with van der Waals surface area (Å²) in [6.45, 7) is 11.5. The molecule has 0 radical (unpaired) electrons. The summed E-state index contributed by atoms with van der Waals surface area (Å²) >= 11 is 0. The molecule has 0 saturated heterocycles. The maximum atomic E-state index is 11.8. The number of ether oxygens (including phenoxy) is 1. The number of alkyl carbamates (subject to hydrolysis) is 1. The second-order valence-corrected chi connectivity index (χ2v) is 8.00. The summed E-state index contributed by atoms with van der Waals surface area (Å²) in [5.74, 6) is 0.796. The molecule has 1 aliphatic rings. The second-order valence-electron chi connectivity index (χ2n) is 8.00. The van der Waals surface area contributed by atoms with Crippen molar-refractivity contribution in [2.45, 2.75) is 84.3 Å². The molecule has 0 aliphatic heterocycles. The SMILES string of the molecule is CC(C)(CNCC1CCCCCC1)NC(=O)OC(C)(C)C. The third-order valence-corrected chi connectivity index (χ3v) is 3.81. The molecule has 1 saturated carbocycles. The van der Waals surface area contributed by atoms with Crippen molar-refractivity contribution in [2.24, 2.45) is 5.92 Å². The molecule has 1 rings (SSSR count). The quantitative estimate of drug-likeness (QED) is 0.758. The van der Waals surface area contributed by atoms with E-state index in [1.54, 1.807) is 0 Å². The van der Waals surface area contributed by atoms with E-state index in [1.165, 1.54) is 38.5 Å². The molecule has 2 N–H and O–H groups in total. The Morgan fingerprint density at radius 3 is 2.14 bits per heavy atom. The summed E-state index contributed by atoms with van der Waals surface area (Å²) < 4.78 is 5.31. The number of amides is 1. The molecule has 0 aromatic rings. The highest BCUT2D eigenvalue weighted by Gasteiger charge is 2.24. The van der Waals surface area contributed by atoms with Gasteiger partial charge in [0.25, 0.3) is 0 Å². The van der Waals surface area contributed by atoms with E-state index in [1.807, 2.05) is 34.6 Å². The maximum absolute atomic E-state index is 11.8. The van der Waals surface area contributed by atoms with E-state index in [0.717, 1.165) is 19.0 Å². The van der Waals surface area contributed by atoms with Gasteiger partial charge in [0.2, 0.25) is 0 Å². The van der Waals surface area contributed by atoms with Crippen LogP contribution in [-0.4, -0.2) is 30.3 Å². The Morgan fingerprint density at radius 2 is 1.62 bits per heavy atom. The van der Waals surface area contributed by atoms with Gasteiger partial charge in [0.1, 0.15) is 5.60 Å². The molecule has 4 nitrogen and oxygen atoms in total. The minimum atomic E-state index is -0.450. The highest BCUT2D eigenvalue weighted by molar-refractivity contribution is 5.68. The topological polar surface area (TPSA) is 50.4 Å². The maximum Gasteiger partial charge on any atom is 0.408 e. The largest absolute Gasteiger partial charge is 0.444 e. The zero-order valence-electron chi connectivity index (χ0n) is 14.6. The van der Waals surface area contributed by atoms with Gasteiger partial charge < -0.3 is 15.4 Å². The lowest BCUT2D eigenvalue weighted by molar-refractivity contribution is 0.0471. The Labute approximate surface area is 130 Å². The van der Waals surface area contributed by atoms with Gasteiger partial charge in [-0.05, 0) is 59.9 Å². The van der Waals surface area contributed by atoms with Crippen molar-refractivity contribution in [2.75, 3.05) is 13.1 Å². The van der Waals surface area contributed by atoms with Gasteiger partial charge in [-0.1, -0.05) is 25.7 Å². The molecule has 0 aromatic heterocycles. The van der Waals surface area contributed by atoms with Crippen LogP contribution in [0.3, 0.4) is 0 Å². The minimum Gasteiger partial charge on any atom is -0.444 e. The highest BCUT2D eigenvalue weighted by atomic mass is 16.6. The van der Waals surface area contributed by atoms with Crippen molar-refractivity contribution >= 4 is 6.09 Å². The molecule has 0 aromatic carbocycles. The molecule has 4 heteroatoms. The lowest BCUT2D eigenvalue weighted by atomic mass is 9.99. The number of carbonyl (C=O) groups is 1. The first-order valence-corrected chi connectivity index (χ1v) is 8.40. The fraction of sp³-hybridized carbons (Fsp3) is 0.941. The lowest BCUT2D eigenvalue weighted by Crippen LogP contribution is -2.52. The van der Waals surface area contributed by atoms with E-state index >= 15 is 0 Å². The van der Waals surface area contributed by atoms with Crippen LogP contribution in [0.1, 0.15) is 73.1 Å². The van der Waals surface area contributed by atoms with Crippen LogP contribution in [0.4, 0.5) is 4.79 Å². The Balaban J connectivity index is 2.26. The van der Waals surface area contributed by atoms with Gasteiger partial charge in [-0.15, -0.1) is 0 Å². The summed E-state index contributed by atoms with van der Waals surface area (Å²) in [6.07, 6.45) is 7.85. The average Bonchev–Trinajstić information content (AvgIpc) is 2.53. The minimum absolute atomic E-state index is 0.299. The normalized spacial score (nSPS) is 18.1. The molecule has 0 atom stereocenters. The van der Waals surface area contributed by atoms with Crippen LogP contribution >= 0.6 is 0 Å². The van der Waals surface area contributed by atoms with Crippen molar-refractivity contribution in [1.29, 1.82) is 0 Å². The summed E-state index contributed by atoms with van der Waals surface area (Å²) in [4.78, 5) is 11.8. The van der Waals surface area contributed by atoms with Gasteiger partial charge >= 0.3 is 6.09 Å². The van der Waals surface area contributed by atoms with Crippen molar-refractivity contribution < 1.29 is 9.53 Å². The van der Waals surface area contributed by atoms with E-state index in [4.69, 9.17) is 4.74 Å². The van der Waals surface area contributed by atoms with Crippen molar-refractivity contribution in [3.8, 4) is 0 Å². The van der Waals surface area contributed by atoms with Crippen LogP contribution in [0.5, 0.6) is 0 Å². The number of hydrogen-bond donors (Lipinski definition) is 2. The Bertz CT molecular complexity index is 313. The van der Waals surface area contributed by atoms with Gasteiger partial charge in [0.05, 0.1) is 5.54 Å². The van der Waals surface area contributed by atoms with Gasteiger partial charge in [0, 0.05) is 6.54 Å². The van der Waals surface area contributed by atoms with E-state index < -0.39 is 5.60 Å². The predicted molar refractivity (Wildman–Crippen MR) is 87.5 cm³/mol. The van der Waals surface area contributed by atoms with Crippen molar-refractivity contribution in [3.05, 3.63) is 0 Å². The van der Waals surface area contributed by atoms with Gasteiger partial charge in [0.15, 0.2) is 0 Å². The molecule has 0 unspecified atom stereocenters. The number of nitrogens with one attached hydrogen (secondary N) is 2. The van der Waals surface area contributed by atoms with Crippen molar-refractivity contribution in [3.63, 3.8) is 0 Å². The van der Waals surface area contributed by atoms with Crippen LogP contribution in [0, 0.1) is 5.92 Å². The van der Waals surface area contributed by atoms with Crippen LogP contribution in [0.15, 0.2) is 0 Å². The molecular weight excluding hydrogens is 264 g/mol. The summed E-state index contributed by atoms with van der Waals surface area (Å²) in [5.41, 5.74) is -0.749. The average molecular weight is 298 g/mol. The fourth-order valence-corrected chi connectivity index (χ4v) is 2.78. The zero-order valence-corrected chi connectivity index (χ0v) is 14.6. The molecule has 0 bridgehead atoms. The second kappa shape index (κ2) is 8.02. The fourth-order valence-electron chi connectivity index (χ4n) is 2.78. The third-order valence-electron chi connectivity index (χ3n) is 3.81. The Kier molecular flexibility index (Phi) is 6.98. The van der Waals surface area contributed by atoms with Crippen LogP contribution < -0.4 is 10.6 Å². The smallest absolute Gasteiger partial charge is 0.408 e. The molecule has 124 valence electrons.